The van der Waals surface area contributed by atoms with Crippen LogP contribution in [-0.4, -0.2) is 16.1 Å². The number of hydrogen-bond acceptors (Lipinski definition) is 4. The average molecular weight is 320 g/mol. The molecule has 1 N–H and O–H groups in total. The molecule has 0 aromatic heterocycles. The Morgan fingerprint density at radius 2 is 1.95 bits per heavy atom. The van der Waals surface area contributed by atoms with E-state index in [9.17, 15) is 19.3 Å². The van der Waals surface area contributed by atoms with Crippen molar-refractivity contribution in [2.45, 2.75) is 17.1 Å². The van der Waals surface area contributed by atoms with Gasteiger partial charge in [-0.15, -0.1) is 11.8 Å². The number of anilines is 1. The van der Waals surface area contributed by atoms with E-state index in [2.05, 4.69) is 5.32 Å². The number of nitrogens with one attached hydrogen (secondary N) is 1. The maximum absolute atomic E-state index is 13.2. The summed E-state index contributed by atoms with van der Waals surface area (Å²) in [6.45, 7) is 1.73. The second kappa shape index (κ2) is 7.04. The third-order valence-corrected chi connectivity index (χ3v) is 3.95. The average Bonchev–Trinajstić information content (AvgIpc) is 2.49. The van der Waals surface area contributed by atoms with E-state index in [1.807, 2.05) is 30.3 Å². The van der Waals surface area contributed by atoms with Gasteiger partial charge in [0.1, 0.15) is 0 Å². The predicted octanol–water partition coefficient (Wildman–Crippen LogP) is 3.85. The Morgan fingerprint density at radius 1 is 1.27 bits per heavy atom. The van der Waals surface area contributed by atoms with Gasteiger partial charge in [-0.1, -0.05) is 18.2 Å². The highest BCUT2D eigenvalue weighted by molar-refractivity contribution is 8.00. The monoisotopic (exact) mass is 320 g/mol. The van der Waals surface area contributed by atoms with Crippen LogP contribution in [0.15, 0.2) is 53.4 Å². The van der Waals surface area contributed by atoms with Crippen molar-refractivity contribution < 1.29 is 14.1 Å². The van der Waals surface area contributed by atoms with Crippen molar-refractivity contribution >= 4 is 29.0 Å². The van der Waals surface area contributed by atoms with Gasteiger partial charge < -0.3 is 5.32 Å². The van der Waals surface area contributed by atoms with Crippen LogP contribution in [0.4, 0.5) is 15.8 Å². The second-order valence-corrected chi connectivity index (χ2v) is 5.90. The molecule has 114 valence electrons. The summed E-state index contributed by atoms with van der Waals surface area (Å²) in [7, 11) is 0. The second-order valence-electron chi connectivity index (χ2n) is 4.49. The van der Waals surface area contributed by atoms with Crippen LogP contribution in [0.25, 0.3) is 0 Å². The first-order valence-corrected chi connectivity index (χ1v) is 7.32. The van der Waals surface area contributed by atoms with Crippen LogP contribution in [0.2, 0.25) is 0 Å². The van der Waals surface area contributed by atoms with E-state index in [1.165, 1.54) is 17.8 Å². The minimum Gasteiger partial charge on any atom is -0.325 e. The minimum absolute atomic E-state index is 0.193. The zero-order valence-corrected chi connectivity index (χ0v) is 12.5. The summed E-state index contributed by atoms with van der Waals surface area (Å²) in [5.74, 6) is -1.25. The van der Waals surface area contributed by atoms with Gasteiger partial charge in [-0.25, -0.2) is 0 Å². The van der Waals surface area contributed by atoms with Crippen LogP contribution < -0.4 is 5.32 Å². The van der Waals surface area contributed by atoms with E-state index in [1.54, 1.807) is 6.92 Å². The van der Waals surface area contributed by atoms with Crippen LogP contribution in [0.5, 0.6) is 0 Å². The molecule has 2 aromatic carbocycles. The van der Waals surface area contributed by atoms with Gasteiger partial charge in [0.2, 0.25) is 11.7 Å². The van der Waals surface area contributed by atoms with E-state index in [4.69, 9.17) is 0 Å². The van der Waals surface area contributed by atoms with Gasteiger partial charge in [-0.05, 0) is 31.2 Å². The molecule has 0 saturated carbocycles. The van der Waals surface area contributed by atoms with Crippen LogP contribution >= 0.6 is 11.8 Å². The van der Waals surface area contributed by atoms with Crippen molar-refractivity contribution in [1.82, 2.24) is 0 Å². The predicted molar refractivity (Wildman–Crippen MR) is 83.4 cm³/mol. The molecule has 0 radical (unpaired) electrons. The van der Waals surface area contributed by atoms with Crippen molar-refractivity contribution in [2.24, 2.45) is 0 Å². The summed E-state index contributed by atoms with van der Waals surface area (Å²) < 4.78 is 13.2. The van der Waals surface area contributed by atoms with Gasteiger partial charge in [0.15, 0.2) is 0 Å². The summed E-state index contributed by atoms with van der Waals surface area (Å²) in [4.78, 5) is 22.9. The van der Waals surface area contributed by atoms with Gasteiger partial charge in [0.05, 0.1) is 10.2 Å². The van der Waals surface area contributed by atoms with Crippen LogP contribution in [0.3, 0.4) is 0 Å². The van der Waals surface area contributed by atoms with E-state index in [0.29, 0.717) is 0 Å². The molecule has 0 unspecified atom stereocenters. The molecule has 0 aliphatic heterocycles. The third-order valence-electron chi connectivity index (χ3n) is 2.84. The Hall–Kier alpha value is -2.41. The van der Waals surface area contributed by atoms with E-state index in [0.717, 1.165) is 17.0 Å². The van der Waals surface area contributed by atoms with Gasteiger partial charge in [0.25, 0.3) is 0 Å². The quantitative estimate of drug-likeness (QED) is 0.516. The number of nitro groups is 1. The van der Waals surface area contributed by atoms with E-state index in [-0.39, 0.29) is 11.6 Å². The number of benzene rings is 2. The minimum atomic E-state index is -0.935. The lowest BCUT2D eigenvalue weighted by Crippen LogP contribution is -2.22. The Bertz CT molecular complexity index is 694. The van der Waals surface area contributed by atoms with E-state index < -0.39 is 21.7 Å². The number of rotatable bonds is 5. The van der Waals surface area contributed by atoms with Crippen LogP contribution in [-0.2, 0) is 4.79 Å². The maximum Gasteiger partial charge on any atom is 0.306 e. The number of carbonyl (C=O) groups excluding carboxylic acids is 1. The molecule has 5 nitrogen and oxygen atoms in total. The molecule has 1 amide bonds. The molecule has 7 heteroatoms. The molecule has 0 aliphatic rings. The Balaban J connectivity index is 2.05. The normalized spacial score (nSPS) is 11.7. The smallest absolute Gasteiger partial charge is 0.306 e. The zero-order valence-electron chi connectivity index (χ0n) is 11.7. The molecule has 1 atom stereocenters. The van der Waals surface area contributed by atoms with Gasteiger partial charge in [-0.2, -0.15) is 4.39 Å². The van der Waals surface area contributed by atoms with Gasteiger partial charge in [0, 0.05) is 16.6 Å². The summed E-state index contributed by atoms with van der Waals surface area (Å²) in [6.07, 6.45) is 0. The molecule has 0 aliphatic carbocycles. The number of hydrogen-bond donors (Lipinski definition) is 1. The molecule has 2 aromatic rings. The van der Waals surface area contributed by atoms with Crippen molar-refractivity contribution in [2.75, 3.05) is 5.32 Å². The summed E-state index contributed by atoms with van der Waals surface area (Å²) in [5, 5.41) is 12.8. The summed E-state index contributed by atoms with van der Waals surface area (Å²) in [5.41, 5.74) is -0.472. The lowest BCUT2D eigenvalue weighted by molar-refractivity contribution is -0.387. The fourth-order valence-electron chi connectivity index (χ4n) is 1.73. The fourth-order valence-corrected chi connectivity index (χ4v) is 2.62. The number of nitro benzene ring substituents is 1. The van der Waals surface area contributed by atoms with Crippen molar-refractivity contribution in [3.8, 4) is 0 Å². The lowest BCUT2D eigenvalue weighted by Gasteiger charge is -2.12. The molecular weight excluding hydrogens is 307 g/mol. The Kier molecular flexibility index (Phi) is 5.11. The van der Waals surface area contributed by atoms with Gasteiger partial charge in [-0.3, -0.25) is 14.9 Å². The molecule has 0 fully saturated rings. The highest BCUT2D eigenvalue weighted by atomic mass is 32.2. The first-order valence-electron chi connectivity index (χ1n) is 6.44. The molecule has 0 saturated heterocycles. The van der Waals surface area contributed by atoms with Crippen LogP contribution in [0.1, 0.15) is 6.92 Å². The Labute approximate surface area is 130 Å². The van der Waals surface area contributed by atoms with Crippen molar-refractivity contribution in [3.05, 3.63) is 64.5 Å². The molecule has 0 bridgehead atoms. The molecule has 2 rings (SSSR count). The lowest BCUT2D eigenvalue weighted by atomic mass is 10.2. The highest BCUT2D eigenvalue weighted by Crippen LogP contribution is 2.25. The zero-order chi connectivity index (χ0) is 16.1. The fraction of sp³-hybridized carbons (Fsp3) is 0.133. The summed E-state index contributed by atoms with van der Waals surface area (Å²) >= 11 is 1.36. The summed E-state index contributed by atoms with van der Waals surface area (Å²) in [6, 6.07) is 12.7. The topological polar surface area (TPSA) is 72.2 Å². The largest absolute Gasteiger partial charge is 0.325 e. The number of carbonyl (C=O) groups is 1. The third kappa shape index (κ3) is 4.05. The standard InChI is InChI=1S/C15H13FN2O3S/c1-10(22-12-5-3-2-4-6-12)15(19)17-11-7-8-13(16)14(9-11)18(20)21/h2-10H,1H3,(H,17,19)/t10-/m1/s1. The first kappa shape index (κ1) is 16.0. The number of halogens is 1. The SMILES string of the molecule is C[C@@H](Sc1ccccc1)C(=O)Nc1ccc(F)c([N+](=O)[O-])c1. The first-order chi connectivity index (χ1) is 10.5. The molecule has 22 heavy (non-hydrogen) atoms. The number of thioether (sulfide) groups is 1. The number of amides is 1. The van der Waals surface area contributed by atoms with E-state index >= 15 is 0 Å². The molecule has 0 heterocycles. The molecular formula is C15H13FN2O3S. The van der Waals surface area contributed by atoms with Crippen molar-refractivity contribution in [1.29, 1.82) is 0 Å². The van der Waals surface area contributed by atoms with Gasteiger partial charge >= 0.3 is 5.69 Å². The maximum atomic E-state index is 13.2. The number of nitrogens with zero attached hydrogens (tertiary/aromatic N) is 1. The van der Waals surface area contributed by atoms with Crippen LogP contribution in [0, 0.1) is 15.9 Å². The highest BCUT2D eigenvalue weighted by Gasteiger charge is 2.18. The van der Waals surface area contributed by atoms with Crippen molar-refractivity contribution in [3.63, 3.8) is 0 Å². The Morgan fingerprint density at radius 3 is 2.59 bits per heavy atom. The molecule has 0 spiro atoms.